The van der Waals surface area contributed by atoms with Gasteiger partial charge in [0.1, 0.15) is 12.6 Å². The zero-order chi connectivity index (χ0) is 30.4. The molecule has 0 aromatic heterocycles. The van der Waals surface area contributed by atoms with Crippen molar-refractivity contribution in [2.45, 2.75) is 76.4 Å². The fourth-order valence-electron chi connectivity index (χ4n) is 5.36. The van der Waals surface area contributed by atoms with E-state index in [2.05, 4.69) is 5.32 Å². The van der Waals surface area contributed by atoms with Crippen molar-refractivity contribution >= 4 is 50.7 Å². The molecule has 0 aliphatic heterocycles. The molecule has 1 atom stereocenters. The quantitative estimate of drug-likeness (QED) is 0.256. The molecule has 1 aliphatic rings. The number of aryl methyl sites for hydroxylation is 1. The van der Waals surface area contributed by atoms with E-state index in [1.807, 2.05) is 26.8 Å². The van der Waals surface area contributed by atoms with Crippen LogP contribution in [0, 0.1) is 13.8 Å². The molecule has 42 heavy (non-hydrogen) atoms. The van der Waals surface area contributed by atoms with Gasteiger partial charge in [-0.05, 0) is 80.1 Å². The van der Waals surface area contributed by atoms with E-state index < -0.39 is 28.5 Å². The molecule has 7 nitrogen and oxygen atoms in total. The summed E-state index contributed by atoms with van der Waals surface area (Å²) in [5.41, 5.74) is 2.63. The van der Waals surface area contributed by atoms with Crippen molar-refractivity contribution in [1.29, 1.82) is 0 Å². The molecule has 10 heteroatoms. The summed E-state index contributed by atoms with van der Waals surface area (Å²) in [7, 11) is -4.14. The van der Waals surface area contributed by atoms with E-state index >= 15 is 0 Å². The Balaban J connectivity index is 1.76. The number of carbonyl (C=O) groups excluding carboxylic acids is 2. The number of amides is 2. The maximum atomic E-state index is 14.3. The van der Waals surface area contributed by atoms with Crippen LogP contribution in [0.4, 0.5) is 5.69 Å². The summed E-state index contributed by atoms with van der Waals surface area (Å²) in [6.07, 6.45) is 4.23. The summed E-state index contributed by atoms with van der Waals surface area (Å²) in [4.78, 5) is 29.4. The Morgan fingerprint density at radius 1 is 0.976 bits per heavy atom. The van der Waals surface area contributed by atoms with Gasteiger partial charge in [0.15, 0.2) is 0 Å². The average molecular weight is 631 g/mol. The van der Waals surface area contributed by atoms with Crippen molar-refractivity contribution in [3.05, 3.63) is 93.5 Å². The fourth-order valence-corrected chi connectivity index (χ4v) is 7.32. The van der Waals surface area contributed by atoms with Gasteiger partial charge >= 0.3 is 0 Å². The van der Waals surface area contributed by atoms with Crippen LogP contribution >= 0.6 is 23.2 Å². The molecule has 3 aromatic rings. The highest BCUT2D eigenvalue weighted by Crippen LogP contribution is 2.30. The molecule has 0 bridgehead atoms. The molecule has 3 aromatic carbocycles. The summed E-state index contributed by atoms with van der Waals surface area (Å²) in [5.74, 6) is -0.776. The van der Waals surface area contributed by atoms with E-state index in [0.717, 1.165) is 41.1 Å². The topological polar surface area (TPSA) is 86.8 Å². The largest absolute Gasteiger partial charge is 0.352 e. The second kappa shape index (κ2) is 13.9. The molecule has 224 valence electrons. The Kier molecular flexibility index (Phi) is 10.6. The Labute approximate surface area is 258 Å². The van der Waals surface area contributed by atoms with Gasteiger partial charge < -0.3 is 10.2 Å². The van der Waals surface area contributed by atoms with Crippen molar-refractivity contribution in [2.24, 2.45) is 0 Å². The van der Waals surface area contributed by atoms with Crippen LogP contribution in [0.15, 0.2) is 71.6 Å². The summed E-state index contributed by atoms with van der Waals surface area (Å²) in [6, 6.07) is 17.6. The smallest absolute Gasteiger partial charge is 0.264 e. The third-order valence-corrected chi connectivity index (χ3v) is 10.3. The second-order valence-electron chi connectivity index (χ2n) is 10.7. The number of hydrogen-bond donors (Lipinski definition) is 1. The van der Waals surface area contributed by atoms with Crippen LogP contribution in [-0.4, -0.2) is 43.8 Å². The normalized spacial score (nSPS) is 14.4. The molecule has 0 saturated heterocycles. The maximum Gasteiger partial charge on any atom is 0.264 e. The molecular formula is C32H37Cl2N3O4S. The minimum absolute atomic E-state index is 0.0114. The van der Waals surface area contributed by atoms with Crippen LogP contribution < -0.4 is 9.62 Å². The number of anilines is 1. The lowest BCUT2D eigenvalue weighted by molar-refractivity contribution is -0.140. The van der Waals surface area contributed by atoms with E-state index in [1.54, 1.807) is 48.5 Å². The van der Waals surface area contributed by atoms with Gasteiger partial charge in [0, 0.05) is 22.6 Å². The average Bonchev–Trinajstić information content (AvgIpc) is 3.47. The van der Waals surface area contributed by atoms with Crippen LogP contribution in [0.5, 0.6) is 0 Å². The van der Waals surface area contributed by atoms with E-state index in [-0.39, 0.29) is 23.4 Å². The Hall–Kier alpha value is -3.07. The number of nitrogens with zero attached hydrogens (tertiary/aromatic N) is 2. The molecule has 1 fully saturated rings. The number of benzene rings is 3. The second-order valence-corrected chi connectivity index (χ2v) is 13.4. The lowest BCUT2D eigenvalue weighted by atomic mass is 10.1. The highest BCUT2D eigenvalue weighted by Gasteiger charge is 2.35. The standard InChI is InChI=1S/C32H37Cl2N3O4S/c1-4-29(32(39)35-26-12-8-9-13-26)36(20-24-17-18-25(33)19-28(24)34)31(38)21-37(30-16-10-11-22(2)23(30)3)42(40,41)27-14-6-5-7-15-27/h5-7,10-11,14-19,26,29H,4,8-9,12-13,20-21H2,1-3H3,(H,35,39)/t29-/m1/s1. The van der Waals surface area contributed by atoms with Crippen LogP contribution in [0.1, 0.15) is 55.7 Å². The summed E-state index contributed by atoms with van der Waals surface area (Å²) >= 11 is 12.6. The molecule has 2 amide bonds. The summed E-state index contributed by atoms with van der Waals surface area (Å²) in [5, 5.41) is 3.92. The van der Waals surface area contributed by atoms with Gasteiger partial charge in [0.25, 0.3) is 10.0 Å². The SMILES string of the molecule is CC[C@H](C(=O)NC1CCCC1)N(Cc1ccc(Cl)cc1Cl)C(=O)CN(c1cccc(C)c1C)S(=O)(=O)c1ccccc1. The van der Waals surface area contributed by atoms with Gasteiger partial charge in [-0.2, -0.15) is 0 Å². The molecule has 0 heterocycles. The predicted molar refractivity (Wildman–Crippen MR) is 168 cm³/mol. The Morgan fingerprint density at radius 3 is 2.31 bits per heavy atom. The van der Waals surface area contributed by atoms with E-state index in [0.29, 0.717) is 27.7 Å². The number of nitrogens with one attached hydrogen (secondary N) is 1. The molecule has 0 unspecified atom stereocenters. The van der Waals surface area contributed by atoms with Gasteiger partial charge in [-0.3, -0.25) is 13.9 Å². The molecule has 4 rings (SSSR count). The highest BCUT2D eigenvalue weighted by atomic mass is 35.5. The molecule has 1 N–H and O–H groups in total. The number of sulfonamides is 1. The van der Waals surface area contributed by atoms with Gasteiger partial charge in [-0.15, -0.1) is 0 Å². The number of hydrogen-bond acceptors (Lipinski definition) is 4. The molecule has 1 saturated carbocycles. The van der Waals surface area contributed by atoms with E-state index in [4.69, 9.17) is 23.2 Å². The zero-order valence-electron chi connectivity index (χ0n) is 24.1. The van der Waals surface area contributed by atoms with Crippen LogP contribution in [0.3, 0.4) is 0 Å². The minimum atomic E-state index is -4.14. The monoisotopic (exact) mass is 629 g/mol. The minimum Gasteiger partial charge on any atom is -0.352 e. The van der Waals surface area contributed by atoms with Crippen molar-refractivity contribution in [3.8, 4) is 0 Å². The molecule has 1 aliphatic carbocycles. The Morgan fingerprint density at radius 2 is 1.67 bits per heavy atom. The molecular weight excluding hydrogens is 593 g/mol. The summed E-state index contributed by atoms with van der Waals surface area (Å²) < 4.78 is 29.2. The highest BCUT2D eigenvalue weighted by molar-refractivity contribution is 7.92. The first-order chi connectivity index (χ1) is 20.0. The Bertz CT molecular complexity index is 1530. The van der Waals surface area contributed by atoms with Crippen molar-refractivity contribution in [3.63, 3.8) is 0 Å². The first kappa shape index (κ1) is 31.9. The zero-order valence-corrected chi connectivity index (χ0v) is 26.5. The first-order valence-corrected chi connectivity index (χ1v) is 16.4. The number of carbonyl (C=O) groups is 2. The third kappa shape index (κ3) is 7.28. The maximum absolute atomic E-state index is 14.3. The van der Waals surface area contributed by atoms with Gasteiger partial charge in [-0.1, -0.05) is 79.4 Å². The fraction of sp³-hybridized carbons (Fsp3) is 0.375. The third-order valence-electron chi connectivity index (χ3n) is 7.90. The van der Waals surface area contributed by atoms with Crippen LogP contribution in [0.25, 0.3) is 0 Å². The van der Waals surface area contributed by atoms with Crippen molar-refractivity contribution in [1.82, 2.24) is 10.2 Å². The van der Waals surface area contributed by atoms with E-state index in [9.17, 15) is 18.0 Å². The van der Waals surface area contributed by atoms with Gasteiger partial charge in [-0.25, -0.2) is 8.42 Å². The molecule has 0 spiro atoms. The van der Waals surface area contributed by atoms with E-state index in [1.165, 1.54) is 17.0 Å². The van der Waals surface area contributed by atoms with Crippen LogP contribution in [0.2, 0.25) is 10.0 Å². The lowest BCUT2D eigenvalue weighted by Gasteiger charge is -2.34. The van der Waals surface area contributed by atoms with Gasteiger partial charge in [0.05, 0.1) is 10.6 Å². The van der Waals surface area contributed by atoms with Gasteiger partial charge in [0.2, 0.25) is 11.8 Å². The first-order valence-electron chi connectivity index (χ1n) is 14.2. The summed E-state index contributed by atoms with van der Waals surface area (Å²) in [6.45, 7) is 5.07. The predicted octanol–water partition coefficient (Wildman–Crippen LogP) is 6.67. The lowest BCUT2D eigenvalue weighted by Crippen LogP contribution is -2.53. The number of rotatable bonds is 11. The van der Waals surface area contributed by atoms with Crippen molar-refractivity contribution < 1.29 is 18.0 Å². The molecule has 0 radical (unpaired) electrons. The van der Waals surface area contributed by atoms with Crippen LogP contribution in [-0.2, 0) is 26.2 Å². The van der Waals surface area contributed by atoms with Crippen molar-refractivity contribution in [2.75, 3.05) is 10.8 Å². The number of halogens is 2.